The van der Waals surface area contributed by atoms with Gasteiger partial charge in [0.05, 0.1) is 12.6 Å². The fourth-order valence-electron chi connectivity index (χ4n) is 4.30. The number of aromatic nitrogens is 1. The Bertz CT molecular complexity index is 1230. The molecule has 180 valence electrons. The van der Waals surface area contributed by atoms with Gasteiger partial charge in [-0.3, -0.25) is 9.59 Å². The van der Waals surface area contributed by atoms with Gasteiger partial charge >= 0.3 is 0 Å². The summed E-state index contributed by atoms with van der Waals surface area (Å²) in [7, 11) is 0. The van der Waals surface area contributed by atoms with Crippen LogP contribution in [0.4, 0.5) is 0 Å². The van der Waals surface area contributed by atoms with E-state index in [1.54, 1.807) is 22.3 Å². The third-order valence-corrected chi connectivity index (χ3v) is 7.85. The summed E-state index contributed by atoms with van der Waals surface area (Å²) in [6.07, 6.45) is 1.97. The van der Waals surface area contributed by atoms with E-state index in [9.17, 15) is 9.59 Å². The van der Waals surface area contributed by atoms with E-state index in [0.29, 0.717) is 18.8 Å². The summed E-state index contributed by atoms with van der Waals surface area (Å²) in [5.41, 5.74) is 2.31. The van der Waals surface area contributed by atoms with Gasteiger partial charge in [-0.15, -0.1) is 22.7 Å². The number of aromatic amines is 1. The molecular weight excluding hydrogens is 478 g/mol. The topological polar surface area (TPSA) is 74.4 Å². The number of hydrogen-bond acceptors (Lipinski definition) is 5. The van der Waals surface area contributed by atoms with Gasteiger partial charge in [-0.25, -0.2) is 0 Å². The molecule has 2 N–H and O–H groups in total. The molecular formula is C27H27N3O3S2. The van der Waals surface area contributed by atoms with Gasteiger partial charge in [0, 0.05) is 28.6 Å². The van der Waals surface area contributed by atoms with Crippen LogP contribution in [0.25, 0.3) is 11.3 Å². The van der Waals surface area contributed by atoms with Gasteiger partial charge in [-0.05, 0) is 53.4 Å². The highest BCUT2D eigenvalue weighted by atomic mass is 32.1. The van der Waals surface area contributed by atoms with Gasteiger partial charge < -0.3 is 19.9 Å². The Morgan fingerprint density at radius 2 is 1.86 bits per heavy atom. The number of benzene rings is 1. The first-order valence-electron chi connectivity index (χ1n) is 11.7. The molecule has 2 atom stereocenters. The Balaban J connectivity index is 1.45. The first kappa shape index (κ1) is 23.5. The summed E-state index contributed by atoms with van der Waals surface area (Å²) in [6, 6.07) is 20.6. The molecule has 2 amide bonds. The van der Waals surface area contributed by atoms with Crippen molar-refractivity contribution in [1.29, 1.82) is 0 Å². The lowest BCUT2D eigenvalue weighted by atomic mass is 10.1. The minimum absolute atomic E-state index is 0.0289. The van der Waals surface area contributed by atoms with E-state index in [4.69, 9.17) is 4.74 Å². The summed E-state index contributed by atoms with van der Waals surface area (Å²) < 4.78 is 5.69. The van der Waals surface area contributed by atoms with Crippen molar-refractivity contribution in [2.75, 3.05) is 13.2 Å². The number of rotatable bonds is 9. The lowest BCUT2D eigenvalue weighted by molar-refractivity contribution is -0.126. The van der Waals surface area contributed by atoms with Crippen LogP contribution in [0.5, 0.6) is 0 Å². The van der Waals surface area contributed by atoms with Crippen molar-refractivity contribution in [1.82, 2.24) is 15.2 Å². The summed E-state index contributed by atoms with van der Waals surface area (Å²) in [5, 5.41) is 6.97. The number of carbonyl (C=O) groups is 2. The van der Waals surface area contributed by atoms with Gasteiger partial charge in [-0.2, -0.15) is 0 Å². The smallest absolute Gasteiger partial charge is 0.271 e. The minimum Gasteiger partial charge on any atom is -0.376 e. The van der Waals surface area contributed by atoms with Gasteiger partial charge in [0.25, 0.3) is 5.91 Å². The minimum atomic E-state index is -0.741. The normalized spacial score (nSPS) is 16.2. The van der Waals surface area contributed by atoms with Crippen LogP contribution in [0.15, 0.2) is 77.5 Å². The van der Waals surface area contributed by atoms with Crippen LogP contribution in [0, 0.1) is 0 Å². The molecule has 0 bridgehead atoms. The molecule has 0 radical (unpaired) electrons. The van der Waals surface area contributed by atoms with Gasteiger partial charge in [0.1, 0.15) is 11.7 Å². The molecule has 3 aromatic heterocycles. The third-order valence-electron chi connectivity index (χ3n) is 6.07. The monoisotopic (exact) mass is 505 g/mol. The summed E-state index contributed by atoms with van der Waals surface area (Å²) in [5.74, 6) is -0.408. The molecule has 1 aliphatic rings. The zero-order valence-corrected chi connectivity index (χ0v) is 20.8. The van der Waals surface area contributed by atoms with Crippen molar-refractivity contribution in [3.05, 3.63) is 92.9 Å². The predicted molar refractivity (Wildman–Crippen MR) is 139 cm³/mol. The third kappa shape index (κ3) is 5.56. The second kappa shape index (κ2) is 11.0. The van der Waals surface area contributed by atoms with Crippen molar-refractivity contribution in [3.63, 3.8) is 0 Å². The zero-order chi connectivity index (χ0) is 24.0. The highest BCUT2D eigenvalue weighted by Crippen LogP contribution is 2.30. The van der Waals surface area contributed by atoms with Crippen LogP contribution >= 0.6 is 22.7 Å². The average molecular weight is 506 g/mol. The van der Waals surface area contributed by atoms with Crippen LogP contribution in [-0.4, -0.2) is 41.0 Å². The van der Waals surface area contributed by atoms with Crippen LogP contribution in [-0.2, 0) is 16.1 Å². The Labute approximate surface area is 212 Å². The molecule has 0 spiro atoms. The van der Waals surface area contributed by atoms with Gasteiger partial charge in [0.2, 0.25) is 5.91 Å². The van der Waals surface area contributed by atoms with Gasteiger partial charge in [0.15, 0.2) is 0 Å². The van der Waals surface area contributed by atoms with Crippen LogP contribution in [0.3, 0.4) is 0 Å². The summed E-state index contributed by atoms with van der Waals surface area (Å²) in [4.78, 5) is 34.3. The van der Waals surface area contributed by atoms with E-state index in [1.165, 1.54) is 11.3 Å². The number of nitrogens with zero attached hydrogens (tertiary/aromatic N) is 1. The molecule has 0 aliphatic carbocycles. The number of nitrogens with one attached hydrogen (secondary N) is 2. The Kier molecular flexibility index (Phi) is 7.42. The van der Waals surface area contributed by atoms with Gasteiger partial charge in [-0.1, -0.05) is 42.5 Å². The second-order valence-electron chi connectivity index (χ2n) is 8.46. The largest absolute Gasteiger partial charge is 0.376 e. The molecule has 1 fully saturated rings. The molecule has 1 saturated heterocycles. The standard InChI is InChI=1S/C27H27N3O3S2/c31-26(28-17-20-9-4-14-33-20)25(24-11-6-16-35-24)30(18-21-10-5-15-34-21)27(32)23-13-12-22(29-23)19-7-2-1-3-8-19/h1-3,5-8,10-13,15-16,20,25,29H,4,9,14,17-18H2,(H,28,31)/t20-,25-/m1/s1. The number of amides is 2. The van der Waals surface area contributed by atoms with Crippen LogP contribution < -0.4 is 5.32 Å². The molecule has 6 nitrogen and oxygen atoms in total. The van der Waals surface area contributed by atoms with E-state index in [0.717, 1.165) is 40.5 Å². The maximum atomic E-state index is 13.9. The average Bonchev–Trinajstić information content (AvgIpc) is 3.71. The first-order valence-corrected chi connectivity index (χ1v) is 13.5. The molecule has 4 heterocycles. The van der Waals surface area contributed by atoms with Crippen LogP contribution in [0.2, 0.25) is 0 Å². The number of carbonyl (C=O) groups excluding carboxylic acids is 2. The number of thiophene rings is 2. The maximum Gasteiger partial charge on any atom is 0.271 e. The second-order valence-corrected chi connectivity index (χ2v) is 10.5. The lowest BCUT2D eigenvalue weighted by Gasteiger charge is -2.30. The molecule has 0 saturated carbocycles. The molecule has 1 aromatic carbocycles. The highest BCUT2D eigenvalue weighted by molar-refractivity contribution is 7.10. The summed E-state index contributed by atoms with van der Waals surface area (Å²) >= 11 is 3.05. The van der Waals surface area contributed by atoms with Crippen molar-refractivity contribution >= 4 is 34.5 Å². The molecule has 35 heavy (non-hydrogen) atoms. The van der Waals surface area contributed by atoms with Crippen LogP contribution in [0.1, 0.15) is 39.1 Å². The van der Waals surface area contributed by atoms with E-state index < -0.39 is 6.04 Å². The molecule has 0 unspecified atom stereocenters. The Morgan fingerprint density at radius 3 is 2.57 bits per heavy atom. The first-order chi connectivity index (χ1) is 17.2. The molecule has 4 aromatic rings. The van der Waals surface area contributed by atoms with E-state index in [2.05, 4.69) is 10.3 Å². The van der Waals surface area contributed by atoms with Crippen molar-refractivity contribution in [2.24, 2.45) is 0 Å². The molecule has 5 rings (SSSR count). The quantitative estimate of drug-likeness (QED) is 0.316. The van der Waals surface area contributed by atoms with E-state index >= 15 is 0 Å². The van der Waals surface area contributed by atoms with Crippen molar-refractivity contribution in [3.8, 4) is 11.3 Å². The predicted octanol–water partition coefficient (Wildman–Crippen LogP) is 5.48. The summed E-state index contributed by atoms with van der Waals surface area (Å²) in [6.45, 7) is 1.52. The number of H-pyrrole nitrogens is 1. The van der Waals surface area contributed by atoms with E-state index in [1.807, 2.05) is 71.4 Å². The number of ether oxygens (including phenoxy) is 1. The fourth-order valence-corrected chi connectivity index (χ4v) is 5.84. The molecule has 8 heteroatoms. The highest BCUT2D eigenvalue weighted by Gasteiger charge is 2.34. The SMILES string of the molecule is O=C(NC[C@H]1CCCO1)[C@@H](c1cccs1)N(Cc1cccs1)C(=O)c1ccc(-c2ccccc2)[nH]1. The zero-order valence-electron chi connectivity index (χ0n) is 19.2. The fraction of sp³-hybridized carbons (Fsp3) is 0.259. The Morgan fingerprint density at radius 1 is 1.03 bits per heavy atom. The van der Waals surface area contributed by atoms with E-state index in [-0.39, 0.29) is 17.9 Å². The van der Waals surface area contributed by atoms with Crippen molar-refractivity contribution in [2.45, 2.75) is 31.5 Å². The maximum absolute atomic E-state index is 13.9. The van der Waals surface area contributed by atoms with Crippen molar-refractivity contribution < 1.29 is 14.3 Å². The Hall–Kier alpha value is -3.20. The number of hydrogen-bond donors (Lipinski definition) is 2. The lowest BCUT2D eigenvalue weighted by Crippen LogP contribution is -2.44. The molecule has 1 aliphatic heterocycles.